The Kier molecular flexibility index (Phi) is 21.1. The van der Waals surface area contributed by atoms with Crippen LogP contribution in [0.2, 0.25) is 0 Å². The van der Waals surface area contributed by atoms with Crippen molar-refractivity contribution in [2.75, 3.05) is 6.54 Å². The molecule has 2 heteroatoms. The maximum Gasteiger partial charge on any atom is 0.101 e. The fourth-order valence-corrected chi connectivity index (χ4v) is 6.19. The molecule has 1 aliphatic heterocycles. The van der Waals surface area contributed by atoms with Gasteiger partial charge in [0, 0.05) is 25.5 Å². The molecule has 1 aliphatic rings. The molecule has 1 aromatic rings. The Morgan fingerprint density at radius 2 is 0.872 bits per heavy atom. The summed E-state index contributed by atoms with van der Waals surface area (Å²) in [5.74, 6) is 0. The highest BCUT2D eigenvalue weighted by atomic mass is 15.4. The van der Waals surface area contributed by atoms with Crippen LogP contribution in [-0.4, -0.2) is 22.5 Å². The molecule has 224 valence electrons. The van der Waals surface area contributed by atoms with E-state index in [0.717, 1.165) is 6.54 Å². The summed E-state index contributed by atoms with van der Waals surface area (Å²) in [6.45, 7) is 6.87. The molecule has 0 amide bonds. The van der Waals surface area contributed by atoms with E-state index in [9.17, 15) is 0 Å². The van der Waals surface area contributed by atoms with Crippen molar-refractivity contribution in [1.82, 2.24) is 9.80 Å². The van der Waals surface area contributed by atoms with Crippen molar-refractivity contribution < 1.29 is 0 Å². The molecule has 1 heterocycles. The van der Waals surface area contributed by atoms with Crippen LogP contribution in [0.3, 0.4) is 0 Å². The molecular weight excluding hydrogens is 472 g/mol. The highest BCUT2D eigenvalue weighted by Crippen LogP contribution is 2.25. The molecule has 0 saturated heterocycles. The molecule has 1 atom stereocenters. The normalized spacial score (nSPS) is 15.1. The zero-order valence-electron chi connectivity index (χ0n) is 26.4. The van der Waals surface area contributed by atoms with Gasteiger partial charge in [-0.15, -0.1) is 0 Å². The predicted molar refractivity (Wildman–Crippen MR) is 174 cm³/mol. The van der Waals surface area contributed by atoms with E-state index in [4.69, 9.17) is 0 Å². The Balaban J connectivity index is 1.53. The maximum atomic E-state index is 2.66. The Labute approximate surface area is 245 Å². The fraction of sp³-hybridized carbons (Fsp3) is 0.784. The third-order valence-electron chi connectivity index (χ3n) is 8.76. The largest absolute Gasteiger partial charge is 0.356 e. The van der Waals surface area contributed by atoms with Crippen LogP contribution < -0.4 is 0 Å². The predicted octanol–water partition coefficient (Wildman–Crippen LogP) is 12.0. The Bertz CT molecular complexity index is 669. The number of hydrogen-bond acceptors (Lipinski definition) is 2. The van der Waals surface area contributed by atoms with Crippen molar-refractivity contribution in [2.45, 2.75) is 181 Å². The quantitative estimate of drug-likeness (QED) is 0.103. The van der Waals surface area contributed by atoms with Crippen LogP contribution >= 0.6 is 0 Å². The van der Waals surface area contributed by atoms with E-state index in [1.54, 1.807) is 0 Å². The molecule has 0 aromatic heterocycles. The van der Waals surface area contributed by atoms with Crippen molar-refractivity contribution in [3.63, 3.8) is 0 Å². The van der Waals surface area contributed by atoms with Crippen LogP contribution in [0.1, 0.15) is 174 Å². The van der Waals surface area contributed by atoms with E-state index in [1.807, 2.05) is 0 Å². The van der Waals surface area contributed by atoms with Gasteiger partial charge in [-0.25, -0.2) is 0 Å². The second-order valence-electron chi connectivity index (χ2n) is 12.4. The van der Waals surface area contributed by atoms with Crippen molar-refractivity contribution >= 4 is 0 Å². The highest BCUT2D eigenvalue weighted by Gasteiger charge is 2.25. The van der Waals surface area contributed by atoms with Crippen molar-refractivity contribution in [2.24, 2.45) is 0 Å². The molecule has 0 fully saturated rings. The average molecular weight is 539 g/mol. The van der Waals surface area contributed by atoms with Gasteiger partial charge in [-0.1, -0.05) is 179 Å². The Hall–Kier alpha value is -1.44. The number of unbranched alkanes of at least 4 members (excludes halogenated alkanes) is 21. The van der Waals surface area contributed by atoms with E-state index < -0.39 is 0 Å². The molecule has 0 N–H and O–H groups in total. The standard InChI is InChI=1S/C37H66N2/c1-3-5-7-9-11-12-13-14-15-16-17-18-19-21-23-28-32-38-33-34-39(35-36-29-25-24-26-30-36)37(38)31-27-22-20-10-8-6-4-2/h24-26,29-30,33-34,37H,3-23,27-28,31-32,35H2,1-2H3. The molecule has 39 heavy (non-hydrogen) atoms. The van der Waals surface area contributed by atoms with Crippen molar-refractivity contribution in [3.05, 3.63) is 48.3 Å². The van der Waals surface area contributed by atoms with E-state index in [-0.39, 0.29) is 0 Å². The fourth-order valence-electron chi connectivity index (χ4n) is 6.19. The summed E-state index contributed by atoms with van der Waals surface area (Å²) in [4.78, 5) is 5.25. The number of benzene rings is 1. The minimum Gasteiger partial charge on any atom is -0.356 e. The van der Waals surface area contributed by atoms with E-state index in [0.29, 0.717) is 6.17 Å². The van der Waals surface area contributed by atoms with Gasteiger partial charge in [0.05, 0.1) is 0 Å². The lowest BCUT2D eigenvalue weighted by atomic mass is 10.0. The van der Waals surface area contributed by atoms with Gasteiger partial charge in [0.2, 0.25) is 0 Å². The molecule has 0 spiro atoms. The SMILES string of the molecule is CCCCCCCCCCCCCCCCCCN1C=CN(Cc2ccccc2)C1CCCCCCCCC. The smallest absolute Gasteiger partial charge is 0.101 e. The molecule has 1 aromatic carbocycles. The zero-order chi connectivity index (χ0) is 27.6. The molecule has 0 saturated carbocycles. The van der Waals surface area contributed by atoms with Gasteiger partial charge >= 0.3 is 0 Å². The summed E-state index contributed by atoms with van der Waals surface area (Å²) in [5, 5.41) is 0. The molecule has 1 unspecified atom stereocenters. The van der Waals surface area contributed by atoms with Gasteiger partial charge in [-0.2, -0.15) is 0 Å². The van der Waals surface area contributed by atoms with Gasteiger partial charge in [-0.05, 0) is 24.8 Å². The first-order valence-corrected chi connectivity index (χ1v) is 17.6. The molecule has 0 radical (unpaired) electrons. The number of nitrogens with zero attached hydrogens (tertiary/aromatic N) is 2. The molecule has 2 nitrogen and oxygen atoms in total. The maximum absolute atomic E-state index is 2.66. The van der Waals surface area contributed by atoms with Crippen LogP contribution in [0.25, 0.3) is 0 Å². The van der Waals surface area contributed by atoms with Crippen LogP contribution in [0.5, 0.6) is 0 Å². The van der Waals surface area contributed by atoms with E-state index >= 15 is 0 Å². The Morgan fingerprint density at radius 1 is 0.462 bits per heavy atom. The second kappa shape index (κ2) is 24.4. The lowest BCUT2D eigenvalue weighted by Crippen LogP contribution is -2.38. The first kappa shape index (κ1) is 33.8. The van der Waals surface area contributed by atoms with Gasteiger partial charge in [0.25, 0.3) is 0 Å². The lowest BCUT2D eigenvalue weighted by molar-refractivity contribution is 0.132. The van der Waals surface area contributed by atoms with Crippen LogP contribution in [0.4, 0.5) is 0 Å². The monoisotopic (exact) mass is 539 g/mol. The first-order chi connectivity index (χ1) is 19.3. The third-order valence-corrected chi connectivity index (χ3v) is 8.76. The minimum atomic E-state index is 0.553. The molecule has 2 rings (SSSR count). The summed E-state index contributed by atoms with van der Waals surface area (Å²) in [6, 6.07) is 11.0. The summed E-state index contributed by atoms with van der Waals surface area (Å²) < 4.78 is 0. The molecule has 0 bridgehead atoms. The molecule has 0 aliphatic carbocycles. The summed E-state index contributed by atoms with van der Waals surface area (Å²) in [6.07, 6.45) is 39.4. The number of hydrogen-bond donors (Lipinski definition) is 0. The topological polar surface area (TPSA) is 6.48 Å². The second-order valence-corrected chi connectivity index (χ2v) is 12.4. The average Bonchev–Trinajstić information content (AvgIpc) is 3.33. The van der Waals surface area contributed by atoms with Crippen molar-refractivity contribution in [3.8, 4) is 0 Å². The van der Waals surface area contributed by atoms with E-state index in [2.05, 4.69) is 66.4 Å². The van der Waals surface area contributed by atoms with E-state index in [1.165, 1.54) is 166 Å². The zero-order valence-corrected chi connectivity index (χ0v) is 26.4. The lowest BCUT2D eigenvalue weighted by Gasteiger charge is -2.33. The molecular formula is C37H66N2. The van der Waals surface area contributed by atoms with Crippen LogP contribution in [0.15, 0.2) is 42.7 Å². The van der Waals surface area contributed by atoms with Gasteiger partial charge in [0.15, 0.2) is 0 Å². The van der Waals surface area contributed by atoms with Crippen LogP contribution in [-0.2, 0) is 6.54 Å². The summed E-state index contributed by atoms with van der Waals surface area (Å²) >= 11 is 0. The summed E-state index contributed by atoms with van der Waals surface area (Å²) in [7, 11) is 0. The van der Waals surface area contributed by atoms with Gasteiger partial charge in [0.1, 0.15) is 6.17 Å². The highest BCUT2D eigenvalue weighted by molar-refractivity contribution is 5.16. The van der Waals surface area contributed by atoms with Gasteiger partial charge in [-0.3, -0.25) is 0 Å². The third kappa shape index (κ3) is 17.1. The van der Waals surface area contributed by atoms with Crippen LogP contribution in [0, 0.1) is 0 Å². The minimum absolute atomic E-state index is 0.553. The van der Waals surface area contributed by atoms with Gasteiger partial charge < -0.3 is 9.80 Å². The Morgan fingerprint density at radius 3 is 1.36 bits per heavy atom. The first-order valence-electron chi connectivity index (χ1n) is 17.6. The summed E-state index contributed by atoms with van der Waals surface area (Å²) in [5.41, 5.74) is 1.43. The van der Waals surface area contributed by atoms with Crippen molar-refractivity contribution in [1.29, 1.82) is 0 Å². The number of rotatable bonds is 27.